The fraction of sp³-hybridized carbons (Fsp3) is 0.364. The largest absolute Gasteiger partial charge is 0.466 e. The molecule has 6 nitrogen and oxygen atoms in total. The van der Waals surface area contributed by atoms with Crippen LogP contribution >= 0.6 is 0 Å². The third kappa shape index (κ3) is 2.16. The van der Waals surface area contributed by atoms with Gasteiger partial charge >= 0.3 is 23.4 Å². The highest BCUT2D eigenvalue weighted by atomic mass is 19.4. The zero-order chi connectivity index (χ0) is 16.0. The molecule has 1 aliphatic rings. The standard InChI is InChI=1S/C11H7F4NO5/c1-20-9(17)10(11(13,14)15)4-5-2-7(16(18)19)6(12)3-8(5)21-10/h2-3H,4H2,1H3. The van der Waals surface area contributed by atoms with E-state index in [-0.39, 0.29) is 5.56 Å². The van der Waals surface area contributed by atoms with E-state index in [1.807, 2.05) is 0 Å². The molecule has 0 saturated heterocycles. The van der Waals surface area contributed by atoms with Crippen LogP contribution in [0.2, 0.25) is 0 Å². The van der Waals surface area contributed by atoms with E-state index in [4.69, 9.17) is 0 Å². The zero-order valence-electron chi connectivity index (χ0n) is 10.4. The molecule has 1 aliphatic heterocycles. The average molecular weight is 309 g/mol. The quantitative estimate of drug-likeness (QED) is 0.362. The first-order valence-corrected chi connectivity index (χ1v) is 5.43. The second-order valence-electron chi connectivity index (χ2n) is 4.26. The van der Waals surface area contributed by atoms with Crippen molar-refractivity contribution in [2.45, 2.75) is 18.2 Å². The van der Waals surface area contributed by atoms with Crippen LogP contribution in [0.15, 0.2) is 12.1 Å². The molecule has 10 heteroatoms. The number of nitro groups is 1. The summed E-state index contributed by atoms with van der Waals surface area (Å²) in [5, 5.41) is 10.6. The number of hydrogen-bond acceptors (Lipinski definition) is 5. The molecule has 1 aromatic rings. The van der Waals surface area contributed by atoms with Gasteiger partial charge in [0.05, 0.1) is 12.0 Å². The molecule has 1 heterocycles. The maximum Gasteiger partial charge on any atom is 0.439 e. The van der Waals surface area contributed by atoms with Gasteiger partial charge in [0.15, 0.2) is 0 Å². The Labute approximate surface area is 114 Å². The summed E-state index contributed by atoms with van der Waals surface area (Å²) in [6.07, 6.45) is -6.16. The molecule has 0 fully saturated rings. The molecule has 0 amide bonds. The number of carbonyl (C=O) groups is 1. The smallest absolute Gasteiger partial charge is 0.439 e. The minimum atomic E-state index is -5.13. The van der Waals surface area contributed by atoms with Crippen LogP contribution in [0.4, 0.5) is 23.2 Å². The minimum Gasteiger partial charge on any atom is -0.466 e. The summed E-state index contributed by atoms with van der Waals surface area (Å²) in [7, 11) is 0.741. The van der Waals surface area contributed by atoms with Crippen molar-refractivity contribution in [2.24, 2.45) is 0 Å². The maximum absolute atomic E-state index is 13.4. The Hall–Kier alpha value is -2.39. The number of alkyl halides is 3. The monoisotopic (exact) mass is 309 g/mol. The lowest BCUT2D eigenvalue weighted by Crippen LogP contribution is -2.56. The topological polar surface area (TPSA) is 78.7 Å². The SMILES string of the molecule is COC(=O)C1(C(F)(F)F)Cc2cc([N+](=O)[O-])c(F)cc2O1. The lowest BCUT2D eigenvalue weighted by Gasteiger charge is -2.27. The molecule has 114 valence electrons. The van der Waals surface area contributed by atoms with Crippen molar-refractivity contribution >= 4 is 11.7 Å². The number of fused-ring (bicyclic) bond motifs is 1. The van der Waals surface area contributed by atoms with Crippen LogP contribution in [0, 0.1) is 15.9 Å². The lowest BCUT2D eigenvalue weighted by molar-refractivity contribution is -0.387. The molecule has 21 heavy (non-hydrogen) atoms. The van der Waals surface area contributed by atoms with E-state index in [0.29, 0.717) is 12.1 Å². The summed E-state index contributed by atoms with van der Waals surface area (Å²) >= 11 is 0. The molecule has 0 aromatic heterocycles. The van der Waals surface area contributed by atoms with Crippen molar-refractivity contribution in [3.8, 4) is 5.75 Å². The second-order valence-corrected chi connectivity index (χ2v) is 4.26. The maximum atomic E-state index is 13.4. The summed E-state index contributed by atoms with van der Waals surface area (Å²) in [5.41, 5.74) is -4.63. The van der Waals surface area contributed by atoms with Crippen LogP contribution in [0.25, 0.3) is 0 Å². The van der Waals surface area contributed by atoms with Gasteiger partial charge in [-0.15, -0.1) is 0 Å². The number of nitrogens with zero attached hydrogens (tertiary/aromatic N) is 1. The van der Waals surface area contributed by atoms with Crippen molar-refractivity contribution in [3.05, 3.63) is 33.6 Å². The van der Waals surface area contributed by atoms with Gasteiger partial charge in [-0.2, -0.15) is 17.6 Å². The Balaban J connectivity index is 2.54. The highest BCUT2D eigenvalue weighted by Crippen LogP contribution is 2.46. The predicted octanol–water partition coefficient (Wildman–Crippen LogP) is 2.14. The van der Waals surface area contributed by atoms with E-state index in [0.717, 1.165) is 7.11 Å². The first-order chi connectivity index (χ1) is 9.62. The van der Waals surface area contributed by atoms with Gasteiger partial charge in [-0.1, -0.05) is 0 Å². The molecule has 2 rings (SSSR count). The van der Waals surface area contributed by atoms with Crippen LogP contribution in [0.3, 0.4) is 0 Å². The van der Waals surface area contributed by atoms with Gasteiger partial charge < -0.3 is 9.47 Å². The van der Waals surface area contributed by atoms with Gasteiger partial charge in [0.2, 0.25) is 5.82 Å². The van der Waals surface area contributed by atoms with E-state index < -0.39 is 46.3 Å². The van der Waals surface area contributed by atoms with Crippen molar-refractivity contribution < 1.29 is 36.8 Å². The Bertz CT molecular complexity index is 630. The Morgan fingerprint density at radius 3 is 2.57 bits per heavy atom. The fourth-order valence-corrected chi connectivity index (χ4v) is 2.00. The van der Waals surface area contributed by atoms with Gasteiger partial charge in [-0.3, -0.25) is 10.1 Å². The van der Waals surface area contributed by atoms with Gasteiger partial charge in [0.1, 0.15) is 5.75 Å². The summed E-state index contributed by atoms with van der Waals surface area (Å²) in [4.78, 5) is 21.0. The van der Waals surface area contributed by atoms with E-state index in [9.17, 15) is 32.5 Å². The van der Waals surface area contributed by atoms with Crippen LogP contribution in [0.1, 0.15) is 5.56 Å². The number of carbonyl (C=O) groups excluding carboxylic acids is 1. The summed E-state index contributed by atoms with van der Waals surface area (Å²) in [5.74, 6) is -3.66. The first kappa shape index (κ1) is 15.0. The molecule has 1 unspecified atom stereocenters. The van der Waals surface area contributed by atoms with Crippen LogP contribution in [-0.2, 0) is 16.0 Å². The number of nitro benzene ring substituents is 1. The highest BCUT2D eigenvalue weighted by molar-refractivity contribution is 5.83. The molecule has 0 radical (unpaired) electrons. The molecule has 1 atom stereocenters. The highest BCUT2D eigenvalue weighted by Gasteiger charge is 2.67. The Morgan fingerprint density at radius 1 is 1.48 bits per heavy atom. The van der Waals surface area contributed by atoms with Crippen LogP contribution < -0.4 is 4.74 Å². The molecule has 0 spiro atoms. The summed E-state index contributed by atoms with van der Waals surface area (Å²) < 4.78 is 61.4. The number of hydrogen-bond donors (Lipinski definition) is 0. The van der Waals surface area contributed by atoms with E-state index in [1.54, 1.807) is 0 Å². The van der Waals surface area contributed by atoms with E-state index >= 15 is 0 Å². The Kier molecular flexibility index (Phi) is 3.27. The number of halogens is 4. The number of benzene rings is 1. The molecule has 0 aliphatic carbocycles. The number of rotatable bonds is 2. The minimum absolute atomic E-state index is 0.300. The van der Waals surface area contributed by atoms with Gasteiger partial charge in [0.25, 0.3) is 0 Å². The molecule has 1 aromatic carbocycles. The predicted molar refractivity (Wildman–Crippen MR) is 58.2 cm³/mol. The van der Waals surface area contributed by atoms with Crippen LogP contribution in [0.5, 0.6) is 5.75 Å². The lowest BCUT2D eigenvalue weighted by atomic mass is 9.96. The van der Waals surface area contributed by atoms with E-state index in [1.165, 1.54) is 0 Å². The summed E-state index contributed by atoms with van der Waals surface area (Å²) in [6, 6.07) is 1.06. The second kappa shape index (κ2) is 4.57. The van der Waals surface area contributed by atoms with Crippen molar-refractivity contribution in [2.75, 3.05) is 7.11 Å². The third-order valence-electron chi connectivity index (χ3n) is 3.02. The number of esters is 1. The van der Waals surface area contributed by atoms with E-state index in [2.05, 4.69) is 9.47 Å². The summed E-state index contributed by atoms with van der Waals surface area (Å²) in [6.45, 7) is 0. The molecular weight excluding hydrogens is 302 g/mol. The Morgan fingerprint density at radius 2 is 2.10 bits per heavy atom. The van der Waals surface area contributed by atoms with Crippen molar-refractivity contribution in [1.82, 2.24) is 0 Å². The van der Waals surface area contributed by atoms with Gasteiger partial charge in [-0.05, 0) is 0 Å². The van der Waals surface area contributed by atoms with Crippen molar-refractivity contribution in [1.29, 1.82) is 0 Å². The average Bonchev–Trinajstić information content (AvgIpc) is 2.75. The van der Waals surface area contributed by atoms with Crippen molar-refractivity contribution in [3.63, 3.8) is 0 Å². The fourth-order valence-electron chi connectivity index (χ4n) is 2.00. The number of ether oxygens (including phenoxy) is 2. The molecule has 0 bridgehead atoms. The number of methoxy groups -OCH3 is 1. The van der Waals surface area contributed by atoms with Crippen LogP contribution in [-0.4, -0.2) is 29.8 Å². The normalized spacial score (nSPS) is 20.6. The first-order valence-electron chi connectivity index (χ1n) is 5.43. The zero-order valence-corrected chi connectivity index (χ0v) is 10.4. The van der Waals surface area contributed by atoms with Gasteiger partial charge in [0, 0.05) is 24.1 Å². The molecule has 0 saturated carbocycles. The molecule has 0 N–H and O–H groups in total. The molecular formula is C11H7F4NO5. The third-order valence-corrected chi connectivity index (χ3v) is 3.02. The van der Waals surface area contributed by atoms with Gasteiger partial charge in [-0.25, -0.2) is 4.79 Å².